The van der Waals surface area contributed by atoms with Gasteiger partial charge in [-0.15, -0.1) is 0 Å². The van der Waals surface area contributed by atoms with Gasteiger partial charge in [0, 0.05) is 12.0 Å². The van der Waals surface area contributed by atoms with E-state index in [1.54, 1.807) is 0 Å². The highest BCUT2D eigenvalue weighted by Gasteiger charge is 2.40. The number of nitrogens with one attached hydrogen (secondary N) is 2. The molecule has 0 bridgehead atoms. The summed E-state index contributed by atoms with van der Waals surface area (Å²) >= 11 is 0. The van der Waals surface area contributed by atoms with E-state index in [1.807, 2.05) is 30.3 Å². The van der Waals surface area contributed by atoms with Gasteiger partial charge in [-0.1, -0.05) is 18.2 Å². The van der Waals surface area contributed by atoms with Crippen molar-refractivity contribution in [3.63, 3.8) is 0 Å². The van der Waals surface area contributed by atoms with Crippen molar-refractivity contribution in [2.45, 2.75) is 31.4 Å². The third-order valence-electron chi connectivity index (χ3n) is 4.32. The monoisotopic (exact) mass is 270 g/mol. The van der Waals surface area contributed by atoms with Gasteiger partial charge in [0.25, 0.3) is 5.56 Å². The number of pyridine rings is 1. The number of anilines is 1. The molecule has 1 saturated carbocycles. The molecule has 0 spiro atoms. The first-order valence-corrected chi connectivity index (χ1v) is 7.31. The second-order valence-electron chi connectivity index (χ2n) is 5.81. The fraction of sp³-hybridized carbons (Fsp3) is 0.438. The smallest absolute Gasteiger partial charge is 0.257 e. The number of aromatic amines is 1. The predicted molar refractivity (Wildman–Crippen MR) is 79.1 cm³/mol. The maximum atomic E-state index is 12.1. The molecule has 1 aliphatic carbocycles. The van der Waals surface area contributed by atoms with Crippen LogP contribution in [0, 0.1) is 5.92 Å². The van der Waals surface area contributed by atoms with E-state index in [0.29, 0.717) is 18.1 Å². The molecule has 104 valence electrons. The van der Waals surface area contributed by atoms with Gasteiger partial charge in [-0.05, 0) is 42.7 Å². The van der Waals surface area contributed by atoms with Crippen molar-refractivity contribution in [3.8, 4) is 0 Å². The normalized spacial score (nSPS) is 26.0. The molecule has 2 fully saturated rings. The fourth-order valence-electron chi connectivity index (χ4n) is 3.14. The van der Waals surface area contributed by atoms with Crippen molar-refractivity contribution < 1.29 is 4.74 Å². The molecule has 2 heterocycles. The molecule has 4 heteroatoms. The van der Waals surface area contributed by atoms with E-state index in [0.717, 1.165) is 29.6 Å². The Bertz CT molecular complexity index is 690. The van der Waals surface area contributed by atoms with Crippen molar-refractivity contribution in [2.75, 3.05) is 11.9 Å². The molecular formula is C16H18N2O2. The van der Waals surface area contributed by atoms with Crippen LogP contribution in [0.3, 0.4) is 0 Å². The highest BCUT2D eigenvalue weighted by Crippen LogP contribution is 2.39. The lowest BCUT2D eigenvalue weighted by Crippen LogP contribution is -2.31. The number of ether oxygens (including phenoxy) is 1. The van der Waals surface area contributed by atoms with E-state index in [1.165, 1.54) is 12.8 Å². The van der Waals surface area contributed by atoms with Crippen molar-refractivity contribution in [3.05, 3.63) is 40.7 Å². The van der Waals surface area contributed by atoms with Gasteiger partial charge in [-0.3, -0.25) is 4.79 Å². The lowest BCUT2D eigenvalue weighted by atomic mass is 10.1. The summed E-state index contributed by atoms with van der Waals surface area (Å²) in [5, 5.41) is 5.17. The van der Waals surface area contributed by atoms with Crippen LogP contribution in [-0.4, -0.2) is 23.7 Å². The van der Waals surface area contributed by atoms with Crippen LogP contribution in [0.2, 0.25) is 0 Å². The van der Waals surface area contributed by atoms with Crippen LogP contribution in [0.1, 0.15) is 19.3 Å². The molecule has 0 radical (unpaired) electrons. The number of aromatic nitrogens is 1. The zero-order chi connectivity index (χ0) is 13.5. The van der Waals surface area contributed by atoms with Gasteiger partial charge in [0.2, 0.25) is 0 Å². The minimum atomic E-state index is -0.0347. The minimum Gasteiger partial charge on any atom is -0.376 e. The molecule has 1 aromatic heterocycles. The Morgan fingerprint density at radius 1 is 1.20 bits per heavy atom. The molecule has 1 aliphatic heterocycles. The van der Waals surface area contributed by atoms with Crippen LogP contribution >= 0.6 is 0 Å². The molecule has 2 N–H and O–H groups in total. The molecule has 2 aromatic rings. The molecule has 0 amide bonds. The molecule has 4 rings (SSSR count). The lowest BCUT2D eigenvalue weighted by molar-refractivity contribution is 0.0898. The molecule has 1 saturated heterocycles. The second-order valence-corrected chi connectivity index (χ2v) is 5.81. The highest BCUT2D eigenvalue weighted by molar-refractivity contribution is 5.83. The standard InChI is InChI=1S/C16H18N2O2/c19-16-12-4-2-1-3-11(12)9-14(18-16)17-13-7-8-20-15(13)10-5-6-10/h1-4,9-10,13,15H,5-8H2,(H2,17,18,19). The number of benzene rings is 1. The number of hydrogen-bond acceptors (Lipinski definition) is 3. The zero-order valence-corrected chi connectivity index (χ0v) is 11.3. The summed E-state index contributed by atoms with van der Waals surface area (Å²) in [6, 6.07) is 10.00. The van der Waals surface area contributed by atoms with E-state index in [4.69, 9.17) is 4.74 Å². The van der Waals surface area contributed by atoms with E-state index >= 15 is 0 Å². The van der Waals surface area contributed by atoms with Crippen LogP contribution in [0.15, 0.2) is 35.1 Å². The number of H-pyrrole nitrogens is 1. The Morgan fingerprint density at radius 2 is 2.05 bits per heavy atom. The highest BCUT2D eigenvalue weighted by atomic mass is 16.5. The Labute approximate surface area is 117 Å². The fourth-order valence-corrected chi connectivity index (χ4v) is 3.14. The molecular weight excluding hydrogens is 252 g/mol. The third kappa shape index (κ3) is 2.10. The summed E-state index contributed by atoms with van der Waals surface area (Å²) < 4.78 is 5.82. The summed E-state index contributed by atoms with van der Waals surface area (Å²) in [4.78, 5) is 15.0. The number of fused-ring (bicyclic) bond motifs is 1. The quantitative estimate of drug-likeness (QED) is 0.901. The summed E-state index contributed by atoms with van der Waals surface area (Å²) in [6.07, 6.45) is 3.87. The maximum Gasteiger partial charge on any atom is 0.257 e. The summed E-state index contributed by atoms with van der Waals surface area (Å²) in [7, 11) is 0. The molecule has 20 heavy (non-hydrogen) atoms. The molecule has 2 aliphatic rings. The van der Waals surface area contributed by atoms with Crippen molar-refractivity contribution in [2.24, 2.45) is 5.92 Å². The topological polar surface area (TPSA) is 54.1 Å². The third-order valence-corrected chi connectivity index (χ3v) is 4.32. The number of rotatable bonds is 3. The Kier molecular flexibility index (Phi) is 2.77. The summed E-state index contributed by atoms with van der Waals surface area (Å²) in [5.41, 5.74) is -0.0347. The van der Waals surface area contributed by atoms with E-state index in [-0.39, 0.29) is 5.56 Å². The summed E-state index contributed by atoms with van der Waals surface area (Å²) in [6.45, 7) is 0.816. The SMILES string of the molecule is O=c1[nH]c(NC2CCOC2C2CC2)cc2ccccc12. The maximum absolute atomic E-state index is 12.1. The van der Waals surface area contributed by atoms with Crippen LogP contribution in [-0.2, 0) is 4.74 Å². The van der Waals surface area contributed by atoms with Gasteiger partial charge in [0.1, 0.15) is 5.82 Å². The first kappa shape index (κ1) is 12.0. The van der Waals surface area contributed by atoms with Crippen LogP contribution in [0.25, 0.3) is 10.8 Å². The van der Waals surface area contributed by atoms with E-state index < -0.39 is 0 Å². The molecule has 1 aromatic carbocycles. The second kappa shape index (κ2) is 4.63. The molecule has 2 unspecified atom stereocenters. The molecule has 2 atom stereocenters. The van der Waals surface area contributed by atoms with Gasteiger partial charge in [0.15, 0.2) is 0 Å². The van der Waals surface area contributed by atoms with Gasteiger partial charge in [-0.2, -0.15) is 0 Å². The number of hydrogen-bond donors (Lipinski definition) is 2. The Morgan fingerprint density at radius 3 is 2.90 bits per heavy atom. The van der Waals surface area contributed by atoms with Crippen LogP contribution in [0.4, 0.5) is 5.82 Å². The van der Waals surface area contributed by atoms with Crippen LogP contribution < -0.4 is 10.9 Å². The average molecular weight is 270 g/mol. The minimum absolute atomic E-state index is 0.0347. The van der Waals surface area contributed by atoms with Crippen molar-refractivity contribution in [1.29, 1.82) is 0 Å². The summed E-state index contributed by atoms with van der Waals surface area (Å²) in [5.74, 6) is 1.51. The predicted octanol–water partition coefficient (Wildman–Crippen LogP) is 2.51. The average Bonchev–Trinajstić information content (AvgIpc) is 3.20. The van der Waals surface area contributed by atoms with Crippen molar-refractivity contribution in [1.82, 2.24) is 4.98 Å². The zero-order valence-electron chi connectivity index (χ0n) is 11.3. The Hall–Kier alpha value is -1.81. The van der Waals surface area contributed by atoms with Crippen molar-refractivity contribution >= 4 is 16.6 Å². The first-order chi connectivity index (χ1) is 9.81. The van der Waals surface area contributed by atoms with E-state index in [2.05, 4.69) is 10.3 Å². The van der Waals surface area contributed by atoms with Gasteiger partial charge < -0.3 is 15.0 Å². The van der Waals surface area contributed by atoms with Gasteiger partial charge in [0.05, 0.1) is 12.1 Å². The van der Waals surface area contributed by atoms with Crippen LogP contribution in [0.5, 0.6) is 0 Å². The van der Waals surface area contributed by atoms with Gasteiger partial charge >= 0.3 is 0 Å². The Balaban J connectivity index is 1.63. The lowest BCUT2D eigenvalue weighted by Gasteiger charge is -2.20. The largest absolute Gasteiger partial charge is 0.376 e. The molecule has 4 nitrogen and oxygen atoms in total. The first-order valence-electron chi connectivity index (χ1n) is 7.31. The van der Waals surface area contributed by atoms with E-state index in [9.17, 15) is 4.79 Å². The van der Waals surface area contributed by atoms with Gasteiger partial charge in [-0.25, -0.2) is 0 Å².